The molecule has 1 heterocycles. The maximum Gasteiger partial charge on any atom is 0.224 e. The van der Waals surface area contributed by atoms with Crippen molar-refractivity contribution < 1.29 is 4.79 Å². The fourth-order valence-electron chi connectivity index (χ4n) is 2.82. The molecule has 0 radical (unpaired) electrons. The van der Waals surface area contributed by atoms with Crippen molar-refractivity contribution in [2.24, 2.45) is 0 Å². The van der Waals surface area contributed by atoms with E-state index in [1.807, 2.05) is 31.2 Å². The molecule has 0 fully saturated rings. The maximum absolute atomic E-state index is 12.2. The molecule has 0 saturated heterocycles. The number of halogens is 1. The van der Waals surface area contributed by atoms with Crippen molar-refractivity contribution in [1.29, 1.82) is 0 Å². The predicted molar refractivity (Wildman–Crippen MR) is 103 cm³/mol. The van der Waals surface area contributed by atoms with Gasteiger partial charge in [-0.05, 0) is 55.2 Å². The summed E-state index contributed by atoms with van der Waals surface area (Å²) in [6.07, 6.45) is 3.12. The van der Waals surface area contributed by atoms with Gasteiger partial charge in [-0.25, -0.2) is 4.98 Å². The second-order valence-corrected chi connectivity index (χ2v) is 6.73. The van der Waals surface area contributed by atoms with Gasteiger partial charge in [-0.1, -0.05) is 30.7 Å². The number of benzene rings is 2. The van der Waals surface area contributed by atoms with E-state index in [9.17, 15) is 4.79 Å². The molecule has 5 heteroatoms. The zero-order valence-electron chi connectivity index (χ0n) is 14.5. The first-order valence-corrected chi connectivity index (χ1v) is 8.96. The first-order chi connectivity index (χ1) is 12.0. The van der Waals surface area contributed by atoms with Crippen LogP contribution in [-0.4, -0.2) is 15.9 Å². The van der Waals surface area contributed by atoms with Crippen LogP contribution in [0.3, 0.4) is 0 Å². The number of amides is 1. The van der Waals surface area contributed by atoms with E-state index in [1.165, 1.54) is 0 Å². The van der Waals surface area contributed by atoms with Crippen molar-refractivity contribution in [1.82, 2.24) is 9.97 Å². The molecule has 130 valence electrons. The normalized spacial score (nSPS) is 11.0. The van der Waals surface area contributed by atoms with E-state index in [0.29, 0.717) is 17.9 Å². The van der Waals surface area contributed by atoms with E-state index in [-0.39, 0.29) is 5.91 Å². The van der Waals surface area contributed by atoms with Gasteiger partial charge < -0.3 is 10.3 Å². The zero-order valence-corrected chi connectivity index (χ0v) is 15.3. The van der Waals surface area contributed by atoms with E-state index < -0.39 is 0 Å². The topological polar surface area (TPSA) is 57.8 Å². The molecule has 0 saturated carbocycles. The molecule has 0 spiro atoms. The lowest BCUT2D eigenvalue weighted by molar-refractivity contribution is -0.116. The second kappa shape index (κ2) is 7.70. The quantitative estimate of drug-likeness (QED) is 0.650. The standard InChI is InChI=1S/C20H22ClN3O/c1-3-4-19-22-16-9-6-14(11-18(16)23-19)7-10-20(25)24-17-12-15(21)8-5-13(17)2/h5-6,8-9,11-12H,3-4,7,10H2,1-2H3,(H,22,23)(H,24,25). The second-order valence-electron chi connectivity index (χ2n) is 6.29. The largest absolute Gasteiger partial charge is 0.342 e. The number of carbonyl (C=O) groups excluding carboxylic acids is 1. The number of fused-ring (bicyclic) bond motifs is 1. The third kappa shape index (κ3) is 4.40. The first-order valence-electron chi connectivity index (χ1n) is 8.58. The molecular formula is C20H22ClN3O. The van der Waals surface area contributed by atoms with Crippen LogP contribution in [0.5, 0.6) is 0 Å². The van der Waals surface area contributed by atoms with Crippen molar-refractivity contribution >= 4 is 34.2 Å². The summed E-state index contributed by atoms with van der Waals surface area (Å²) in [7, 11) is 0. The third-order valence-corrected chi connectivity index (χ3v) is 4.43. The van der Waals surface area contributed by atoms with Gasteiger partial charge in [-0.3, -0.25) is 4.79 Å². The van der Waals surface area contributed by atoms with Gasteiger partial charge in [0.2, 0.25) is 5.91 Å². The average Bonchev–Trinajstić information content (AvgIpc) is 2.98. The van der Waals surface area contributed by atoms with Crippen LogP contribution in [0.4, 0.5) is 5.69 Å². The smallest absolute Gasteiger partial charge is 0.224 e. The average molecular weight is 356 g/mol. The van der Waals surface area contributed by atoms with Crippen LogP contribution in [0.1, 0.15) is 36.7 Å². The van der Waals surface area contributed by atoms with Gasteiger partial charge in [0.15, 0.2) is 0 Å². The molecule has 3 aromatic rings. The summed E-state index contributed by atoms with van der Waals surface area (Å²) in [5, 5.41) is 3.55. The molecule has 2 N–H and O–H groups in total. The Morgan fingerprint density at radius 1 is 1.20 bits per heavy atom. The molecule has 0 atom stereocenters. The molecular weight excluding hydrogens is 334 g/mol. The first kappa shape index (κ1) is 17.5. The van der Waals surface area contributed by atoms with E-state index in [0.717, 1.165) is 46.5 Å². The predicted octanol–water partition coefficient (Wildman–Crippen LogP) is 5.05. The minimum absolute atomic E-state index is 0.0123. The van der Waals surface area contributed by atoms with Crippen LogP contribution in [0.25, 0.3) is 11.0 Å². The Balaban J connectivity index is 1.63. The molecule has 25 heavy (non-hydrogen) atoms. The number of hydrogen-bond acceptors (Lipinski definition) is 2. The number of anilines is 1. The highest BCUT2D eigenvalue weighted by atomic mass is 35.5. The number of imidazole rings is 1. The van der Waals surface area contributed by atoms with Crippen molar-refractivity contribution in [3.8, 4) is 0 Å². The van der Waals surface area contributed by atoms with E-state index in [2.05, 4.69) is 28.3 Å². The minimum atomic E-state index is -0.0123. The van der Waals surface area contributed by atoms with Crippen LogP contribution in [-0.2, 0) is 17.6 Å². The molecule has 2 aromatic carbocycles. The van der Waals surface area contributed by atoms with Crippen LogP contribution < -0.4 is 5.32 Å². The molecule has 3 rings (SSSR count). The van der Waals surface area contributed by atoms with Gasteiger partial charge in [0, 0.05) is 23.6 Å². The Kier molecular flexibility index (Phi) is 5.39. The number of aromatic nitrogens is 2. The Labute approximate surface area is 152 Å². The number of rotatable bonds is 6. The minimum Gasteiger partial charge on any atom is -0.342 e. The Hall–Kier alpha value is -2.33. The van der Waals surface area contributed by atoms with Crippen molar-refractivity contribution in [3.05, 3.63) is 58.4 Å². The summed E-state index contributed by atoms with van der Waals surface area (Å²) < 4.78 is 0. The van der Waals surface area contributed by atoms with Crippen LogP contribution in [0.2, 0.25) is 5.02 Å². The van der Waals surface area contributed by atoms with Gasteiger partial charge in [0.05, 0.1) is 11.0 Å². The summed E-state index contributed by atoms with van der Waals surface area (Å²) in [5.74, 6) is 1.01. The molecule has 4 nitrogen and oxygen atoms in total. The summed E-state index contributed by atoms with van der Waals surface area (Å²) in [5.41, 5.74) is 4.90. The SMILES string of the molecule is CCCc1nc2ccc(CCC(=O)Nc3cc(Cl)ccc3C)cc2[nH]1. The third-order valence-electron chi connectivity index (χ3n) is 4.20. The summed E-state index contributed by atoms with van der Waals surface area (Å²) in [4.78, 5) is 20.1. The van der Waals surface area contributed by atoms with Crippen molar-refractivity contribution in [3.63, 3.8) is 0 Å². The van der Waals surface area contributed by atoms with Gasteiger partial charge in [-0.15, -0.1) is 0 Å². The highest BCUT2D eigenvalue weighted by Crippen LogP contribution is 2.21. The Morgan fingerprint density at radius 2 is 2.04 bits per heavy atom. The lowest BCUT2D eigenvalue weighted by atomic mass is 10.1. The fraction of sp³-hybridized carbons (Fsp3) is 0.300. The van der Waals surface area contributed by atoms with Gasteiger partial charge in [0.1, 0.15) is 5.82 Å². The summed E-state index contributed by atoms with van der Waals surface area (Å²) in [6.45, 7) is 4.09. The van der Waals surface area contributed by atoms with E-state index >= 15 is 0 Å². The van der Waals surface area contributed by atoms with Gasteiger partial charge in [-0.2, -0.15) is 0 Å². The molecule has 0 aliphatic carbocycles. The number of hydrogen-bond donors (Lipinski definition) is 2. The van der Waals surface area contributed by atoms with Crippen LogP contribution in [0, 0.1) is 6.92 Å². The number of carbonyl (C=O) groups is 1. The lowest BCUT2D eigenvalue weighted by Gasteiger charge is -2.09. The molecule has 0 aliphatic rings. The fourth-order valence-corrected chi connectivity index (χ4v) is 2.99. The monoisotopic (exact) mass is 355 g/mol. The highest BCUT2D eigenvalue weighted by Gasteiger charge is 2.08. The molecule has 0 unspecified atom stereocenters. The lowest BCUT2D eigenvalue weighted by Crippen LogP contribution is -2.13. The van der Waals surface area contributed by atoms with E-state index in [4.69, 9.17) is 11.6 Å². The van der Waals surface area contributed by atoms with Gasteiger partial charge in [0.25, 0.3) is 0 Å². The Bertz CT molecular complexity index is 901. The molecule has 0 bridgehead atoms. The number of H-pyrrole nitrogens is 1. The van der Waals surface area contributed by atoms with Gasteiger partial charge >= 0.3 is 0 Å². The summed E-state index contributed by atoms with van der Waals surface area (Å²) in [6, 6.07) is 11.6. The summed E-state index contributed by atoms with van der Waals surface area (Å²) >= 11 is 5.99. The van der Waals surface area contributed by atoms with Crippen molar-refractivity contribution in [2.75, 3.05) is 5.32 Å². The van der Waals surface area contributed by atoms with Crippen molar-refractivity contribution in [2.45, 2.75) is 39.5 Å². The Morgan fingerprint density at radius 3 is 2.84 bits per heavy atom. The number of aromatic amines is 1. The molecule has 1 aromatic heterocycles. The zero-order chi connectivity index (χ0) is 17.8. The molecule has 0 aliphatic heterocycles. The highest BCUT2D eigenvalue weighted by molar-refractivity contribution is 6.31. The van der Waals surface area contributed by atoms with Crippen LogP contribution >= 0.6 is 11.6 Å². The van der Waals surface area contributed by atoms with E-state index in [1.54, 1.807) is 6.07 Å². The number of nitrogens with zero attached hydrogens (tertiary/aromatic N) is 1. The maximum atomic E-state index is 12.2. The number of nitrogens with one attached hydrogen (secondary N) is 2. The van der Waals surface area contributed by atoms with Crippen LogP contribution in [0.15, 0.2) is 36.4 Å². The molecule has 1 amide bonds. The number of aryl methyl sites for hydroxylation is 3.